The fourth-order valence-corrected chi connectivity index (χ4v) is 5.08. The highest BCUT2D eigenvalue weighted by atomic mass is 32.1. The van der Waals surface area contributed by atoms with Gasteiger partial charge in [0.05, 0.1) is 34.7 Å². The molecule has 1 aromatic heterocycles. The average molecular weight is 579 g/mol. The molecule has 10 heteroatoms. The zero-order valence-electron chi connectivity index (χ0n) is 25.3. The maximum absolute atomic E-state index is 13.3. The van der Waals surface area contributed by atoms with E-state index in [4.69, 9.17) is 9.47 Å². The molecule has 0 aliphatic carbocycles. The summed E-state index contributed by atoms with van der Waals surface area (Å²) >= 11 is 1.51. The van der Waals surface area contributed by atoms with E-state index in [0.29, 0.717) is 0 Å². The molecule has 0 saturated carbocycles. The molecule has 0 fully saturated rings. The van der Waals surface area contributed by atoms with Crippen LogP contribution in [0.5, 0.6) is 0 Å². The highest BCUT2D eigenvalue weighted by molar-refractivity contribution is 7.09. The molecule has 0 aromatic carbocycles. The number of amides is 1. The molecule has 5 atom stereocenters. The molecule has 40 heavy (non-hydrogen) atoms. The quantitative estimate of drug-likeness (QED) is 0.373. The van der Waals surface area contributed by atoms with Crippen molar-refractivity contribution in [2.45, 2.75) is 99.1 Å². The first-order valence-electron chi connectivity index (χ1n) is 13.8. The second-order valence-corrected chi connectivity index (χ2v) is 13.3. The number of Topliss-reactive ketones (excluding diaryl/α,β-unsaturated/α-hetero) is 1. The number of ether oxygens (including phenoxy) is 2. The first-order valence-corrected chi connectivity index (χ1v) is 14.6. The largest absolute Gasteiger partial charge is 0.458 e. The van der Waals surface area contributed by atoms with E-state index in [1.165, 1.54) is 16.2 Å². The smallest absolute Gasteiger partial charge is 0.410 e. The first-order chi connectivity index (χ1) is 18.4. The van der Waals surface area contributed by atoms with Gasteiger partial charge in [-0.2, -0.15) is 0 Å². The third kappa shape index (κ3) is 9.52. The van der Waals surface area contributed by atoms with Gasteiger partial charge in [0.25, 0.3) is 0 Å². The summed E-state index contributed by atoms with van der Waals surface area (Å²) in [7, 11) is 0. The molecular formula is C30H46N2O7S. The highest BCUT2D eigenvalue weighted by Crippen LogP contribution is 2.31. The Balaban J connectivity index is 2.47. The zero-order valence-corrected chi connectivity index (χ0v) is 26.1. The Bertz CT molecular complexity index is 1100. The number of esters is 1. The number of thiazole rings is 1. The van der Waals surface area contributed by atoms with Crippen LogP contribution in [0.25, 0.3) is 6.08 Å². The summed E-state index contributed by atoms with van der Waals surface area (Å²) in [5, 5.41) is 24.6. The van der Waals surface area contributed by atoms with E-state index in [2.05, 4.69) is 4.98 Å². The molecule has 0 bridgehead atoms. The topological polar surface area (TPSA) is 126 Å². The summed E-state index contributed by atoms with van der Waals surface area (Å²) < 4.78 is 11.4. The van der Waals surface area contributed by atoms with Crippen LogP contribution < -0.4 is 0 Å². The summed E-state index contributed by atoms with van der Waals surface area (Å²) in [6.45, 7) is 16.1. The molecule has 0 radical (unpaired) electrons. The summed E-state index contributed by atoms with van der Waals surface area (Å²) in [6.07, 6.45) is 1.70. The van der Waals surface area contributed by atoms with Crippen LogP contribution in [0.4, 0.5) is 4.79 Å². The van der Waals surface area contributed by atoms with Crippen LogP contribution in [-0.4, -0.2) is 74.9 Å². The SMILES string of the molecule is C/C(=C\c1csc(C)n1)[C@@H]1CCN(C(=O)OC(C)(C)C)C/C=C/[C@H](C)[C@H](O)[C@@H](C)C(=O)C(C)(C)[C@@H](O)CC(=O)O1. The minimum atomic E-state index is -1.31. The van der Waals surface area contributed by atoms with Crippen molar-refractivity contribution >= 4 is 35.3 Å². The lowest BCUT2D eigenvalue weighted by molar-refractivity contribution is -0.154. The fraction of sp³-hybridized carbons (Fsp3) is 0.667. The number of hydrogen-bond donors (Lipinski definition) is 2. The highest BCUT2D eigenvalue weighted by Gasteiger charge is 2.42. The van der Waals surface area contributed by atoms with Crippen LogP contribution in [0.2, 0.25) is 0 Å². The Hall–Kier alpha value is -2.56. The molecule has 0 spiro atoms. The second kappa shape index (κ2) is 13.9. The van der Waals surface area contributed by atoms with Crippen molar-refractivity contribution in [1.82, 2.24) is 9.88 Å². The minimum absolute atomic E-state index is 0.202. The fourth-order valence-electron chi connectivity index (χ4n) is 4.51. The van der Waals surface area contributed by atoms with E-state index in [1.54, 1.807) is 60.6 Å². The van der Waals surface area contributed by atoms with E-state index in [9.17, 15) is 24.6 Å². The summed E-state index contributed by atoms with van der Waals surface area (Å²) in [4.78, 5) is 45.4. The lowest BCUT2D eigenvalue weighted by Gasteiger charge is -2.34. The summed E-state index contributed by atoms with van der Waals surface area (Å²) in [5.41, 5.74) is -0.521. The standard InChI is InChI=1S/C30H46N2O7S/c1-18-11-10-13-32(28(37)39-29(5,6)7)14-12-23(19(2)15-22-17-40-21(4)31-22)38-25(34)16-24(33)30(8,9)27(36)20(3)26(18)35/h10-11,15,17-18,20,23-24,26,33,35H,12-14,16H2,1-9H3/b11-10+,19-15+/t18-,20+,23-,24-,26-/m0/s1. The van der Waals surface area contributed by atoms with Gasteiger partial charge in [0.15, 0.2) is 0 Å². The lowest BCUT2D eigenvalue weighted by Crippen LogP contribution is -2.45. The van der Waals surface area contributed by atoms with Crippen molar-refractivity contribution in [3.05, 3.63) is 33.8 Å². The Kier molecular flexibility index (Phi) is 11.7. The number of hydrogen-bond acceptors (Lipinski definition) is 9. The van der Waals surface area contributed by atoms with E-state index in [1.807, 2.05) is 25.3 Å². The van der Waals surface area contributed by atoms with Crippen molar-refractivity contribution in [1.29, 1.82) is 0 Å². The number of nitrogens with zero attached hydrogens (tertiary/aromatic N) is 2. The van der Waals surface area contributed by atoms with Crippen LogP contribution in [0.1, 0.15) is 78.9 Å². The van der Waals surface area contributed by atoms with Gasteiger partial charge in [-0.15, -0.1) is 11.3 Å². The molecule has 1 aromatic rings. The van der Waals surface area contributed by atoms with E-state index < -0.39 is 59.6 Å². The number of aliphatic hydroxyl groups is 2. The number of aryl methyl sites for hydroxylation is 1. The van der Waals surface area contributed by atoms with Gasteiger partial charge in [0.2, 0.25) is 0 Å². The molecule has 2 rings (SSSR count). The lowest BCUT2D eigenvalue weighted by atomic mass is 9.73. The zero-order chi connectivity index (χ0) is 30.4. The van der Waals surface area contributed by atoms with Crippen LogP contribution in [0.3, 0.4) is 0 Å². The molecule has 1 aliphatic rings. The Morgan fingerprint density at radius 2 is 1.90 bits per heavy atom. The molecule has 2 N–H and O–H groups in total. The van der Waals surface area contributed by atoms with Gasteiger partial charge in [-0.1, -0.05) is 39.8 Å². The predicted molar refractivity (Wildman–Crippen MR) is 156 cm³/mol. The molecule has 1 amide bonds. The molecule has 9 nitrogen and oxygen atoms in total. The number of cyclic esters (lactones) is 1. The van der Waals surface area contributed by atoms with E-state index in [-0.39, 0.29) is 25.3 Å². The van der Waals surface area contributed by atoms with Crippen molar-refractivity contribution in [3.63, 3.8) is 0 Å². The van der Waals surface area contributed by atoms with Crippen molar-refractivity contribution < 1.29 is 34.1 Å². The van der Waals surface area contributed by atoms with Gasteiger partial charge >= 0.3 is 12.1 Å². The number of carbonyl (C=O) groups excluding carboxylic acids is 3. The summed E-state index contributed by atoms with van der Waals surface area (Å²) in [6, 6.07) is 0. The molecular weight excluding hydrogens is 532 g/mol. The number of aromatic nitrogens is 1. The van der Waals surface area contributed by atoms with E-state index >= 15 is 0 Å². The maximum Gasteiger partial charge on any atom is 0.410 e. The van der Waals surface area contributed by atoms with Gasteiger partial charge in [-0.25, -0.2) is 9.78 Å². The van der Waals surface area contributed by atoms with Gasteiger partial charge in [-0.3, -0.25) is 9.59 Å². The second-order valence-electron chi connectivity index (χ2n) is 12.2. The summed E-state index contributed by atoms with van der Waals surface area (Å²) in [5.74, 6) is -2.22. The molecule has 1 aliphatic heterocycles. The van der Waals surface area contributed by atoms with Gasteiger partial charge in [0.1, 0.15) is 17.5 Å². The maximum atomic E-state index is 13.3. The van der Waals surface area contributed by atoms with Crippen LogP contribution in [0.15, 0.2) is 23.1 Å². The monoisotopic (exact) mass is 578 g/mol. The normalized spacial score (nSPS) is 28.6. The number of rotatable bonds is 2. The number of carbonyl (C=O) groups is 3. The van der Waals surface area contributed by atoms with Gasteiger partial charge in [0, 0.05) is 36.7 Å². The third-order valence-electron chi connectivity index (χ3n) is 7.16. The molecule has 0 saturated heterocycles. The molecule has 0 unspecified atom stereocenters. The van der Waals surface area contributed by atoms with Crippen molar-refractivity contribution in [2.75, 3.05) is 13.1 Å². The Labute approximate surface area is 242 Å². The van der Waals surface area contributed by atoms with Crippen LogP contribution in [0, 0.1) is 24.2 Å². The van der Waals surface area contributed by atoms with Crippen molar-refractivity contribution in [2.24, 2.45) is 17.3 Å². The minimum Gasteiger partial charge on any atom is -0.458 e. The van der Waals surface area contributed by atoms with Gasteiger partial charge in [-0.05, 0) is 46.3 Å². The molecule has 2 heterocycles. The van der Waals surface area contributed by atoms with Crippen molar-refractivity contribution in [3.8, 4) is 0 Å². The third-order valence-corrected chi connectivity index (χ3v) is 7.96. The van der Waals surface area contributed by atoms with Crippen LogP contribution in [-0.2, 0) is 19.1 Å². The number of ketones is 1. The molecule has 224 valence electrons. The van der Waals surface area contributed by atoms with Gasteiger partial charge < -0.3 is 24.6 Å². The van der Waals surface area contributed by atoms with E-state index in [0.717, 1.165) is 16.3 Å². The van der Waals surface area contributed by atoms with Crippen LogP contribution >= 0.6 is 11.3 Å². The Morgan fingerprint density at radius 1 is 1.25 bits per heavy atom. The predicted octanol–water partition coefficient (Wildman–Crippen LogP) is 4.94. The average Bonchev–Trinajstić information content (AvgIpc) is 3.25. The number of aliphatic hydroxyl groups excluding tert-OH is 2. The Morgan fingerprint density at radius 3 is 2.48 bits per heavy atom. The first kappa shape index (κ1) is 33.6.